The largest absolute Gasteiger partial charge is 0.454 e. The van der Waals surface area contributed by atoms with Gasteiger partial charge >= 0.3 is 0 Å². The van der Waals surface area contributed by atoms with E-state index in [1.54, 1.807) is 0 Å². The quantitative estimate of drug-likeness (QED) is 0.233. The molecule has 182 valence electrons. The molecule has 0 saturated carbocycles. The molecule has 0 aliphatic carbocycles. The fraction of sp³-hybridized carbons (Fsp3) is 0. The second-order valence-corrected chi connectivity index (χ2v) is 10.1. The summed E-state index contributed by atoms with van der Waals surface area (Å²) < 4.78 is 11.4. The van der Waals surface area contributed by atoms with Crippen LogP contribution in [0.4, 0.5) is 0 Å². The lowest BCUT2D eigenvalue weighted by molar-refractivity contribution is 0.671. The monoisotopic (exact) mass is 498 g/mol. The van der Waals surface area contributed by atoms with Crippen molar-refractivity contribution >= 4 is 65.6 Å². The Kier molecular flexibility index (Phi) is 4.05. The first-order valence-electron chi connectivity index (χ1n) is 13.3. The third-order valence-corrected chi connectivity index (χ3v) is 8.11. The zero-order valence-electron chi connectivity index (χ0n) is 21.0. The molecule has 0 radical (unpaired) electrons. The molecule has 3 aromatic heterocycles. The van der Waals surface area contributed by atoms with E-state index in [4.69, 9.17) is 4.42 Å². The van der Waals surface area contributed by atoms with Gasteiger partial charge in [-0.25, -0.2) is 0 Å². The summed E-state index contributed by atoms with van der Waals surface area (Å²) in [5.74, 6) is 0. The van der Waals surface area contributed by atoms with Gasteiger partial charge in [-0.1, -0.05) is 84.9 Å². The van der Waals surface area contributed by atoms with Gasteiger partial charge in [0.05, 0.1) is 27.8 Å². The molecule has 3 nitrogen and oxygen atoms in total. The Balaban J connectivity index is 1.52. The molecule has 3 heterocycles. The minimum absolute atomic E-state index is 0.913. The number of nitrogens with zero attached hydrogens (tertiary/aromatic N) is 2. The van der Waals surface area contributed by atoms with E-state index in [2.05, 4.69) is 137 Å². The average Bonchev–Trinajstić information content (AvgIpc) is 3.65. The molecule has 39 heavy (non-hydrogen) atoms. The number of fused-ring (bicyclic) bond motifs is 10. The second-order valence-electron chi connectivity index (χ2n) is 10.1. The third kappa shape index (κ3) is 2.71. The summed E-state index contributed by atoms with van der Waals surface area (Å²) in [5, 5.41) is 7.16. The van der Waals surface area contributed by atoms with Gasteiger partial charge in [-0.3, -0.25) is 0 Å². The summed E-state index contributed by atoms with van der Waals surface area (Å²) in [6.07, 6.45) is 0. The molecule has 0 fully saturated rings. The first-order chi connectivity index (χ1) is 19.4. The van der Waals surface area contributed by atoms with E-state index in [9.17, 15) is 0 Å². The van der Waals surface area contributed by atoms with Crippen LogP contribution in [0.3, 0.4) is 0 Å². The number of furan rings is 1. The SMILES string of the molecule is c1ccc(-n2c3ccccc3c3c(-n4c5ccccc5c5ccc6c7ccccc7oc6c54)cccc32)cc1. The van der Waals surface area contributed by atoms with E-state index in [0.29, 0.717) is 0 Å². The normalized spacial score (nSPS) is 12.1. The van der Waals surface area contributed by atoms with Crippen molar-refractivity contribution in [3.63, 3.8) is 0 Å². The van der Waals surface area contributed by atoms with Gasteiger partial charge in [0, 0.05) is 38.0 Å². The smallest absolute Gasteiger partial charge is 0.160 e. The van der Waals surface area contributed by atoms with Gasteiger partial charge < -0.3 is 13.6 Å². The Labute approximate surface area is 223 Å². The summed E-state index contributed by atoms with van der Waals surface area (Å²) in [6.45, 7) is 0. The molecule has 0 amide bonds. The maximum absolute atomic E-state index is 6.61. The van der Waals surface area contributed by atoms with Gasteiger partial charge in [0.1, 0.15) is 5.58 Å². The zero-order valence-corrected chi connectivity index (χ0v) is 21.0. The predicted octanol–water partition coefficient (Wildman–Crippen LogP) is 9.78. The fourth-order valence-corrected chi connectivity index (χ4v) is 6.52. The maximum atomic E-state index is 6.61. The van der Waals surface area contributed by atoms with Crippen LogP contribution in [0.1, 0.15) is 0 Å². The van der Waals surface area contributed by atoms with Crippen molar-refractivity contribution in [2.24, 2.45) is 0 Å². The Hall–Kier alpha value is -5.28. The average molecular weight is 499 g/mol. The van der Waals surface area contributed by atoms with Crippen molar-refractivity contribution in [3.05, 3.63) is 133 Å². The van der Waals surface area contributed by atoms with Crippen molar-refractivity contribution in [1.82, 2.24) is 9.13 Å². The van der Waals surface area contributed by atoms with Gasteiger partial charge in [-0.15, -0.1) is 0 Å². The molecule has 3 heteroatoms. The lowest BCUT2D eigenvalue weighted by atomic mass is 10.1. The summed E-state index contributed by atoms with van der Waals surface area (Å²) >= 11 is 0. The van der Waals surface area contributed by atoms with Gasteiger partial charge in [-0.2, -0.15) is 0 Å². The third-order valence-electron chi connectivity index (χ3n) is 8.11. The number of aromatic nitrogens is 2. The van der Waals surface area contributed by atoms with E-state index < -0.39 is 0 Å². The highest BCUT2D eigenvalue weighted by atomic mass is 16.3. The minimum atomic E-state index is 0.913. The molecule has 0 aliphatic rings. The van der Waals surface area contributed by atoms with E-state index in [1.807, 2.05) is 6.07 Å². The van der Waals surface area contributed by atoms with E-state index in [-0.39, 0.29) is 0 Å². The van der Waals surface area contributed by atoms with E-state index in [1.165, 1.54) is 38.1 Å². The highest BCUT2D eigenvalue weighted by molar-refractivity contribution is 6.23. The Morgan fingerprint density at radius 3 is 1.90 bits per heavy atom. The van der Waals surface area contributed by atoms with Gasteiger partial charge in [0.25, 0.3) is 0 Å². The Bertz CT molecular complexity index is 2390. The van der Waals surface area contributed by atoms with Crippen molar-refractivity contribution in [2.45, 2.75) is 0 Å². The van der Waals surface area contributed by atoms with Gasteiger partial charge in [0.2, 0.25) is 0 Å². The van der Waals surface area contributed by atoms with Gasteiger partial charge in [-0.05, 0) is 48.5 Å². The number of para-hydroxylation sites is 4. The summed E-state index contributed by atoms with van der Waals surface area (Å²) in [7, 11) is 0. The number of hydrogen-bond acceptors (Lipinski definition) is 1. The van der Waals surface area contributed by atoms with Crippen molar-refractivity contribution in [1.29, 1.82) is 0 Å². The fourth-order valence-electron chi connectivity index (χ4n) is 6.52. The van der Waals surface area contributed by atoms with Crippen LogP contribution < -0.4 is 0 Å². The maximum Gasteiger partial charge on any atom is 0.160 e. The molecule has 0 unspecified atom stereocenters. The predicted molar refractivity (Wildman–Crippen MR) is 162 cm³/mol. The molecule has 0 atom stereocenters. The van der Waals surface area contributed by atoms with Crippen LogP contribution in [-0.4, -0.2) is 9.13 Å². The summed E-state index contributed by atoms with van der Waals surface area (Å²) in [6, 6.07) is 47.5. The molecular weight excluding hydrogens is 476 g/mol. The molecule has 6 aromatic carbocycles. The lowest BCUT2D eigenvalue weighted by Gasteiger charge is -2.11. The molecule has 0 saturated heterocycles. The highest BCUT2D eigenvalue weighted by Crippen LogP contribution is 2.43. The highest BCUT2D eigenvalue weighted by Gasteiger charge is 2.22. The van der Waals surface area contributed by atoms with Crippen LogP contribution in [0.15, 0.2) is 138 Å². The number of rotatable bonds is 2. The molecule has 0 aliphatic heterocycles. The summed E-state index contributed by atoms with van der Waals surface area (Å²) in [5.41, 5.74) is 8.80. The molecular formula is C36H22N2O. The van der Waals surface area contributed by atoms with Crippen LogP contribution in [0.2, 0.25) is 0 Å². The Morgan fingerprint density at radius 2 is 1.05 bits per heavy atom. The number of hydrogen-bond donors (Lipinski definition) is 0. The first kappa shape index (κ1) is 20.7. The first-order valence-corrected chi connectivity index (χ1v) is 13.3. The second kappa shape index (κ2) is 7.62. The Morgan fingerprint density at radius 1 is 0.410 bits per heavy atom. The molecule has 9 aromatic rings. The van der Waals surface area contributed by atoms with Crippen LogP contribution in [0, 0.1) is 0 Å². The van der Waals surface area contributed by atoms with E-state index >= 15 is 0 Å². The molecule has 9 rings (SSSR count). The van der Waals surface area contributed by atoms with Crippen LogP contribution >= 0.6 is 0 Å². The van der Waals surface area contributed by atoms with Crippen LogP contribution in [-0.2, 0) is 0 Å². The zero-order chi connectivity index (χ0) is 25.5. The topological polar surface area (TPSA) is 23.0 Å². The summed E-state index contributed by atoms with van der Waals surface area (Å²) in [4.78, 5) is 0. The van der Waals surface area contributed by atoms with Gasteiger partial charge in [0.15, 0.2) is 5.58 Å². The number of benzene rings is 6. The van der Waals surface area contributed by atoms with Crippen molar-refractivity contribution < 1.29 is 4.42 Å². The molecule has 0 bridgehead atoms. The van der Waals surface area contributed by atoms with Crippen LogP contribution in [0.5, 0.6) is 0 Å². The van der Waals surface area contributed by atoms with E-state index in [0.717, 1.165) is 38.8 Å². The molecule has 0 spiro atoms. The van der Waals surface area contributed by atoms with Crippen molar-refractivity contribution in [3.8, 4) is 11.4 Å². The molecule has 0 N–H and O–H groups in total. The minimum Gasteiger partial charge on any atom is -0.454 e. The lowest BCUT2D eigenvalue weighted by Crippen LogP contribution is -1.96. The standard InChI is InChI=1S/C36H22N2O/c1-2-11-23(12-3-1)37-30-17-8-5-15-28(30)34-31(37)18-10-19-32(34)38-29-16-7-4-13-24(29)26-21-22-27-25-14-6-9-20-33(25)39-36(27)35(26)38/h1-22H. The van der Waals surface area contributed by atoms with Crippen molar-refractivity contribution in [2.75, 3.05) is 0 Å². The van der Waals surface area contributed by atoms with Crippen LogP contribution in [0.25, 0.3) is 76.9 Å².